The molecule has 1 rings (SSSR count). The molecule has 1 saturated heterocycles. The van der Waals surface area contributed by atoms with Crippen molar-refractivity contribution in [3.63, 3.8) is 0 Å². The van der Waals surface area contributed by atoms with Gasteiger partial charge in [0.2, 0.25) is 0 Å². The normalized spacial score (nSPS) is 27.0. The molecule has 1 fully saturated rings. The minimum atomic E-state index is -0.373. The Morgan fingerprint density at radius 1 is 1.38 bits per heavy atom. The summed E-state index contributed by atoms with van der Waals surface area (Å²) in [7, 11) is 0. The summed E-state index contributed by atoms with van der Waals surface area (Å²) in [5.74, 6) is -0.373. The van der Waals surface area contributed by atoms with Gasteiger partial charge >= 0.3 is 0 Å². The predicted octanol–water partition coefficient (Wildman–Crippen LogP) is 2.56. The molecule has 3 nitrogen and oxygen atoms in total. The second kappa shape index (κ2) is 5.99. The third kappa shape index (κ3) is 4.81. The van der Waals surface area contributed by atoms with Crippen molar-refractivity contribution in [2.24, 2.45) is 5.41 Å². The molecule has 0 aromatic heterocycles. The molecule has 1 aliphatic heterocycles. The zero-order chi connectivity index (χ0) is 12.1. The lowest BCUT2D eigenvalue weighted by Crippen LogP contribution is -2.52. The zero-order valence-corrected chi connectivity index (χ0v) is 11.3. The van der Waals surface area contributed by atoms with E-state index in [1.54, 1.807) is 0 Å². The molecular weight excluding hydrogens is 202 g/mol. The van der Waals surface area contributed by atoms with Gasteiger partial charge in [0.15, 0.2) is 5.79 Å². The lowest BCUT2D eigenvalue weighted by atomic mass is 9.98. The van der Waals surface area contributed by atoms with Gasteiger partial charge in [-0.25, -0.2) is 0 Å². The van der Waals surface area contributed by atoms with E-state index >= 15 is 0 Å². The first-order chi connectivity index (χ1) is 7.47. The molecule has 16 heavy (non-hydrogen) atoms. The first-order valence-electron chi connectivity index (χ1n) is 6.46. The number of nitrogens with one attached hydrogen (secondary N) is 1. The van der Waals surface area contributed by atoms with Crippen LogP contribution in [-0.2, 0) is 9.47 Å². The van der Waals surface area contributed by atoms with E-state index in [0.717, 1.165) is 39.1 Å². The van der Waals surface area contributed by atoms with Crippen molar-refractivity contribution >= 4 is 0 Å². The van der Waals surface area contributed by atoms with Crippen molar-refractivity contribution in [3.05, 3.63) is 0 Å². The van der Waals surface area contributed by atoms with Crippen LogP contribution in [0.2, 0.25) is 0 Å². The highest BCUT2D eigenvalue weighted by atomic mass is 16.7. The molecule has 96 valence electrons. The van der Waals surface area contributed by atoms with Crippen LogP contribution in [0.3, 0.4) is 0 Å². The minimum absolute atomic E-state index is 0.194. The summed E-state index contributed by atoms with van der Waals surface area (Å²) in [5, 5.41) is 3.37. The van der Waals surface area contributed by atoms with Gasteiger partial charge in [0, 0.05) is 19.5 Å². The maximum atomic E-state index is 6.05. The number of rotatable bonds is 5. The summed E-state index contributed by atoms with van der Waals surface area (Å²) >= 11 is 0. The monoisotopic (exact) mass is 229 g/mol. The Bertz CT molecular complexity index is 193. The molecule has 0 amide bonds. The molecule has 1 heterocycles. The van der Waals surface area contributed by atoms with E-state index < -0.39 is 0 Å². The molecule has 0 spiro atoms. The van der Waals surface area contributed by atoms with Gasteiger partial charge in [-0.1, -0.05) is 34.1 Å². The van der Waals surface area contributed by atoms with Crippen LogP contribution in [0.5, 0.6) is 0 Å². The van der Waals surface area contributed by atoms with Crippen molar-refractivity contribution in [1.29, 1.82) is 0 Å². The van der Waals surface area contributed by atoms with Gasteiger partial charge in [-0.15, -0.1) is 0 Å². The molecule has 1 atom stereocenters. The Hall–Kier alpha value is -0.120. The van der Waals surface area contributed by atoms with Gasteiger partial charge in [0.1, 0.15) is 0 Å². The summed E-state index contributed by atoms with van der Waals surface area (Å²) in [6.45, 7) is 12.0. The number of unbranched alkanes of at least 4 members (excludes halogenated alkanes) is 1. The smallest absolute Gasteiger partial charge is 0.180 e. The molecule has 0 aromatic rings. The molecule has 0 aromatic carbocycles. The lowest BCUT2D eigenvalue weighted by molar-refractivity contribution is -0.259. The van der Waals surface area contributed by atoms with Crippen LogP contribution < -0.4 is 5.32 Å². The number of hydrogen-bond acceptors (Lipinski definition) is 3. The van der Waals surface area contributed by atoms with Crippen LogP contribution in [0.25, 0.3) is 0 Å². The fourth-order valence-corrected chi connectivity index (χ4v) is 1.76. The molecular formula is C13H27NO2. The van der Waals surface area contributed by atoms with E-state index in [2.05, 4.69) is 33.0 Å². The average molecular weight is 229 g/mol. The predicted molar refractivity (Wildman–Crippen MR) is 66.5 cm³/mol. The van der Waals surface area contributed by atoms with Gasteiger partial charge in [-0.05, 0) is 11.8 Å². The quantitative estimate of drug-likeness (QED) is 0.786. The molecule has 1 aliphatic rings. The topological polar surface area (TPSA) is 30.5 Å². The largest absolute Gasteiger partial charge is 0.348 e. The molecule has 0 bridgehead atoms. The van der Waals surface area contributed by atoms with Gasteiger partial charge in [0.25, 0.3) is 0 Å². The third-order valence-electron chi connectivity index (χ3n) is 2.72. The van der Waals surface area contributed by atoms with Gasteiger partial charge < -0.3 is 14.8 Å². The highest BCUT2D eigenvalue weighted by Gasteiger charge is 2.34. The van der Waals surface area contributed by atoms with Crippen molar-refractivity contribution in [2.75, 3.05) is 26.3 Å². The fourth-order valence-electron chi connectivity index (χ4n) is 1.76. The van der Waals surface area contributed by atoms with E-state index in [1.165, 1.54) is 6.42 Å². The summed E-state index contributed by atoms with van der Waals surface area (Å²) in [5.41, 5.74) is 0.194. The van der Waals surface area contributed by atoms with E-state index in [1.807, 2.05) is 0 Å². The maximum Gasteiger partial charge on any atom is 0.180 e. The maximum absolute atomic E-state index is 6.05. The number of hydrogen-bond donors (Lipinski definition) is 1. The van der Waals surface area contributed by atoms with Crippen LogP contribution in [0, 0.1) is 5.41 Å². The second-order valence-electron chi connectivity index (χ2n) is 5.89. The molecule has 1 N–H and O–H groups in total. The minimum Gasteiger partial charge on any atom is -0.348 e. The first kappa shape index (κ1) is 13.9. The summed E-state index contributed by atoms with van der Waals surface area (Å²) in [4.78, 5) is 0. The van der Waals surface area contributed by atoms with Crippen molar-refractivity contribution < 1.29 is 9.47 Å². The third-order valence-corrected chi connectivity index (χ3v) is 2.72. The van der Waals surface area contributed by atoms with Crippen LogP contribution >= 0.6 is 0 Å². The Labute approximate surface area is 99.9 Å². The van der Waals surface area contributed by atoms with Crippen LogP contribution in [0.4, 0.5) is 0 Å². The van der Waals surface area contributed by atoms with E-state index in [4.69, 9.17) is 9.47 Å². The highest BCUT2D eigenvalue weighted by Crippen LogP contribution is 2.26. The van der Waals surface area contributed by atoms with Crippen LogP contribution in [0.15, 0.2) is 0 Å². The van der Waals surface area contributed by atoms with Gasteiger partial charge in [0.05, 0.1) is 13.2 Å². The first-order valence-corrected chi connectivity index (χ1v) is 6.46. The average Bonchev–Trinajstić information content (AvgIpc) is 2.24. The van der Waals surface area contributed by atoms with Crippen LogP contribution in [-0.4, -0.2) is 32.1 Å². The molecule has 1 unspecified atom stereocenters. The van der Waals surface area contributed by atoms with E-state index in [0.29, 0.717) is 0 Å². The van der Waals surface area contributed by atoms with E-state index in [-0.39, 0.29) is 11.2 Å². The Morgan fingerprint density at radius 3 is 2.62 bits per heavy atom. The summed E-state index contributed by atoms with van der Waals surface area (Å²) < 4.78 is 11.9. The molecule has 0 saturated carbocycles. The van der Waals surface area contributed by atoms with Gasteiger partial charge in [-0.3, -0.25) is 0 Å². The molecule has 0 radical (unpaired) electrons. The summed E-state index contributed by atoms with van der Waals surface area (Å²) in [6.07, 6.45) is 3.34. The lowest BCUT2D eigenvalue weighted by Gasteiger charge is -2.39. The van der Waals surface area contributed by atoms with Gasteiger partial charge in [-0.2, -0.15) is 0 Å². The molecule has 0 aliphatic carbocycles. The SMILES string of the molecule is CCCCC1(OCC(C)(C)C)CNCCO1. The number of ether oxygens (including phenoxy) is 2. The number of morpholine rings is 1. The van der Waals surface area contributed by atoms with Crippen molar-refractivity contribution in [3.8, 4) is 0 Å². The van der Waals surface area contributed by atoms with Crippen molar-refractivity contribution in [1.82, 2.24) is 5.32 Å². The summed E-state index contributed by atoms with van der Waals surface area (Å²) in [6, 6.07) is 0. The Balaban J connectivity index is 2.48. The Morgan fingerprint density at radius 2 is 2.12 bits per heavy atom. The van der Waals surface area contributed by atoms with E-state index in [9.17, 15) is 0 Å². The standard InChI is InChI=1S/C13H27NO2/c1-5-6-7-13(10-14-8-9-15-13)16-11-12(2,3)4/h14H,5-11H2,1-4H3. The highest BCUT2D eigenvalue weighted by molar-refractivity contribution is 4.78. The molecule has 3 heteroatoms. The fraction of sp³-hybridized carbons (Fsp3) is 1.00. The zero-order valence-electron chi connectivity index (χ0n) is 11.3. The van der Waals surface area contributed by atoms with Crippen LogP contribution in [0.1, 0.15) is 47.0 Å². The Kier molecular flexibility index (Phi) is 5.22. The van der Waals surface area contributed by atoms with Crippen molar-refractivity contribution in [2.45, 2.75) is 52.7 Å². The second-order valence-corrected chi connectivity index (χ2v) is 5.89.